The number of guanidine groups is 1. The molecular weight excluding hydrogens is 286 g/mol. The Labute approximate surface area is 132 Å². The second kappa shape index (κ2) is 8.25. The Morgan fingerprint density at radius 2 is 2.19 bits per heavy atom. The van der Waals surface area contributed by atoms with Crippen molar-refractivity contribution in [1.82, 2.24) is 10.2 Å². The quantitative estimate of drug-likeness (QED) is 0.592. The maximum absolute atomic E-state index is 10.4. The molecule has 122 valence electrons. The van der Waals surface area contributed by atoms with Crippen molar-refractivity contribution in [3.63, 3.8) is 0 Å². The first-order chi connectivity index (χ1) is 10.2. The molecule has 6 heteroatoms. The normalized spacial score (nSPS) is 28.1. The number of hydrogen-bond donors (Lipinski definition) is 2. The van der Waals surface area contributed by atoms with E-state index in [0.717, 1.165) is 63.0 Å². The van der Waals surface area contributed by atoms with Crippen molar-refractivity contribution in [2.24, 2.45) is 4.99 Å². The maximum Gasteiger partial charge on any atom is 0.194 e. The highest BCUT2D eigenvalue weighted by Gasteiger charge is 2.32. The van der Waals surface area contributed by atoms with Crippen LogP contribution in [0.2, 0.25) is 0 Å². The molecular formula is C15H29N3O2S. The van der Waals surface area contributed by atoms with E-state index in [1.807, 2.05) is 11.8 Å². The van der Waals surface area contributed by atoms with Crippen molar-refractivity contribution in [1.29, 1.82) is 0 Å². The van der Waals surface area contributed by atoms with Crippen molar-refractivity contribution in [3.05, 3.63) is 0 Å². The first kappa shape index (κ1) is 16.9. The van der Waals surface area contributed by atoms with E-state index in [9.17, 15) is 5.11 Å². The monoisotopic (exact) mass is 315 g/mol. The van der Waals surface area contributed by atoms with Gasteiger partial charge in [-0.05, 0) is 38.9 Å². The number of likely N-dealkylation sites (tertiary alicyclic amines) is 1. The Morgan fingerprint density at radius 3 is 2.76 bits per heavy atom. The van der Waals surface area contributed by atoms with Crippen LogP contribution in [0.15, 0.2) is 4.99 Å². The van der Waals surface area contributed by atoms with Crippen LogP contribution in [0.5, 0.6) is 0 Å². The fourth-order valence-electron chi connectivity index (χ4n) is 2.84. The maximum atomic E-state index is 10.4. The predicted molar refractivity (Wildman–Crippen MR) is 89.1 cm³/mol. The number of ether oxygens (including phenoxy) is 1. The summed E-state index contributed by atoms with van der Waals surface area (Å²) in [6.45, 7) is 8.25. The molecule has 1 unspecified atom stereocenters. The van der Waals surface area contributed by atoms with Crippen LogP contribution in [0.25, 0.3) is 0 Å². The van der Waals surface area contributed by atoms with Gasteiger partial charge in [-0.1, -0.05) is 0 Å². The molecule has 0 aromatic carbocycles. The van der Waals surface area contributed by atoms with E-state index in [1.165, 1.54) is 0 Å². The summed E-state index contributed by atoms with van der Waals surface area (Å²) in [4.78, 5) is 6.99. The molecule has 2 fully saturated rings. The Morgan fingerprint density at radius 1 is 1.43 bits per heavy atom. The van der Waals surface area contributed by atoms with Gasteiger partial charge in [-0.2, -0.15) is 11.8 Å². The van der Waals surface area contributed by atoms with Gasteiger partial charge < -0.3 is 20.1 Å². The topological polar surface area (TPSA) is 57.1 Å². The summed E-state index contributed by atoms with van der Waals surface area (Å²) in [7, 11) is 0. The molecule has 0 aromatic heterocycles. The zero-order chi connectivity index (χ0) is 15.1. The molecule has 1 atom stereocenters. The predicted octanol–water partition coefficient (Wildman–Crippen LogP) is 1.32. The average Bonchev–Trinajstić information content (AvgIpc) is 2.92. The van der Waals surface area contributed by atoms with E-state index in [4.69, 9.17) is 4.74 Å². The minimum atomic E-state index is -0.602. The highest BCUT2D eigenvalue weighted by molar-refractivity contribution is 7.99. The van der Waals surface area contributed by atoms with Crippen LogP contribution in [-0.4, -0.2) is 72.0 Å². The molecule has 2 heterocycles. The van der Waals surface area contributed by atoms with E-state index < -0.39 is 5.60 Å². The fraction of sp³-hybridized carbons (Fsp3) is 0.933. The summed E-state index contributed by atoms with van der Waals surface area (Å²) in [6.07, 6.45) is 3.36. The van der Waals surface area contributed by atoms with Crippen LogP contribution in [0.4, 0.5) is 0 Å². The van der Waals surface area contributed by atoms with Crippen molar-refractivity contribution < 1.29 is 9.84 Å². The molecule has 2 rings (SSSR count). The second-order valence-electron chi connectivity index (χ2n) is 5.84. The van der Waals surface area contributed by atoms with Gasteiger partial charge in [0.1, 0.15) is 0 Å². The third-order valence-electron chi connectivity index (χ3n) is 4.08. The summed E-state index contributed by atoms with van der Waals surface area (Å²) in [5.74, 6) is 2.79. The summed E-state index contributed by atoms with van der Waals surface area (Å²) < 4.78 is 5.70. The number of rotatable bonds is 5. The van der Waals surface area contributed by atoms with Crippen molar-refractivity contribution >= 4 is 17.7 Å². The minimum Gasteiger partial charge on any atom is -0.387 e. The molecule has 0 aromatic rings. The van der Waals surface area contributed by atoms with Crippen LogP contribution in [0.3, 0.4) is 0 Å². The second-order valence-corrected chi connectivity index (χ2v) is 6.94. The van der Waals surface area contributed by atoms with Gasteiger partial charge in [-0.15, -0.1) is 0 Å². The number of nitrogens with one attached hydrogen (secondary N) is 1. The molecule has 2 saturated heterocycles. The van der Waals surface area contributed by atoms with Crippen molar-refractivity contribution in [2.75, 3.05) is 44.3 Å². The van der Waals surface area contributed by atoms with E-state index in [-0.39, 0.29) is 0 Å². The Hall–Kier alpha value is -0.460. The number of aliphatic hydroxyl groups is 1. The molecule has 0 aliphatic carbocycles. The molecule has 2 N–H and O–H groups in total. The molecule has 2 aliphatic heterocycles. The SMILES string of the molecule is CCNC(=NCC1(O)CCSC1)N1CCC(OCC)CC1. The van der Waals surface area contributed by atoms with Crippen LogP contribution in [0.1, 0.15) is 33.1 Å². The molecule has 2 aliphatic rings. The molecule has 0 spiro atoms. The first-order valence-corrected chi connectivity index (χ1v) is 9.27. The Bertz CT molecular complexity index is 338. The number of hydrogen-bond acceptors (Lipinski definition) is 4. The number of aliphatic imine (C=N–C) groups is 1. The largest absolute Gasteiger partial charge is 0.387 e. The zero-order valence-corrected chi connectivity index (χ0v) is 14.1. The summed E-state index contributed by atoms with van der Waals surface area (Å²) in [6, 6.07) is 0. The van der Waals surface area contributed by atoms with Crippen LogP contribution >= 0.6 is 11.8 Å². The van der Waals surface area contributed by atoms with Crippen LogP contribution < -0.4 is 5.32 Å². The van der Waals surface area contributed by atoms with E-state index in [2.05, 4.69) is 29.1 Å². The zero-order valence-electron chi connectivity index (χ0n) is 13.3. The van der Waals surface area contributed by atoms with Gasteiger partial charge in [0, 0.05) is 32.0 Å². The number of nitrogens with zero attached hydrogens (tertiary/aromatic N) is 2. The van der Waals surface area contributed by atoms with Crippen molar-refractivity contribution in [3.8, 4) is 0 Å². The summed E-state index contributed by atoms with van der Waals surface area (Å²) in [5, 5.41) is 13.8. The molecule has 0 amide bonds. The third kappa shape index (κ3) is 5.04. The lowest BCUT2D eigenvalue weighted by Crippen LogP contribution is -2.47. The van der Waals surface area contributed by atoms with E-state index in [1.54, 1.807) is 0 Å². The van der Waals surface area contributed by atoms with Gasteiger partial charge in [0.25, 0.3) is 0 Å². The highest BCUT2D eigenvalue weighted by atomic mass is 32.2. The average molecular weight is 315 g/mol. The summed E-state index contributed by atoms with van der Waals surface area (Å²) in [5.41, 5.74) is -0.602. The lowest BCUT2D eigenvalue weighted by Gasteiger charge is -2.34. The van der Waals surface area contributed by atoms with Crippen molar-refractivity contribution in [2.45, 2.75) is 44.8 Å². The van der Waals surface area contributed by atoms with Gasteiger partial charge in [0.2, 0.25) is 0 Å². The van der Waals surface area contributed by atoms with Gasteiger partial charge >= 0.3 is 0 Å². The molecule has 0 saturated carbocycles. The van der Waals surface area contributed by atoms with Crippen LogP contribution in [0, 0.1) is 0 Å². The fourth-order valence-corrected chi connectivity index (χ4v) is 4.12. The molecule has 0 radical (unpaired) electrons. The smallest absolute Gasteiger partial charge is 0.194 e. The van der Waals surface area contributed by atoms with Gasteiger partial charge in [-0.25, -0.2) is 0 Å². The molecule has 0 bridgehead atoms. The van der Waals surface area contributed by atoms with Crippen LogP contribution in [-0.2, 0) is 4.74 Å². The standard InChI is InChI=1S/C15H29N3O2S/c1-3-16-14(17-11-15(19)7-10-21-12-15)18-8-5-13(6-9-18)20-4-2/h13,19H,3-12H2,1-2H3,(H,16,17). The third-order valence-corrected chi connectivity index (χ3v) is 5.32. The molecule has 5 nitrogen and oxygen atoms in total. The van der Waals surface area contributed by atoms with Gasteiger partial charge in [0.15, 0.2) is 5.96 Å². The molecule has 21 heavy (non-hydrogen) atoms. The van der Waals surface area contributed by atoms with E-state index in [0.29, 0.717) is 12.6 Å². The summed E-state index contributed by atoms with van der Waals surface area (Å²) >= 11 is 1.82. The number of thioether (sulfide) groups is 1. The lowest BCUT2D eigenvalue weighted by atomic mass is 10.0. The number of piperidine rings is 1. The van der Waals surface area contributed by atoms with Gasteiger partial charge in [0.05, 0.1) is 18.2 Å². The Balaban J connectivity index is 1.89. The van der Waals surface area contributed by atoms with Gasteiger partial charge in [-0.3, -0.25) is 4.99 Å². The first-order valence-electron chi connectivity index (χ1n) is 8.12. The Kier molecular flexibility index (Phi) is 6.64. The highest BCUT2D eigenvalue weighted by Crippen LogP contribution is 2.28. The van der Waals surface area contributed by atoms with E-state index >= 15 is 0 Å². The minimum absolute atomic E-state index is 0.393. The lowest BCUT2D eigenvalue weighted by molar-refractivity contribution is 0.0261.